The second-order valence-electron chi connectivity index (χ2n) is 8.44. The van der Waals surface area contributed by atoms with E-state index in [0.717, 1.165) is 37.4 Å². The number of carbonyl (C=O) groups excluding carboxylic acids is 1. The quantitative estimate of drug-likeness (QED) is 0.422. The second-order valence-corrected chi connectivity index (χ2v) is 8.44. The van der Waals surface area contributed by atoms with Crippen molar-refractivity contribution in [3.05, 3.63) is 69.6 Å². The summed E-state index contributed by atoms with van der Waals surface area (Å²) in [5.74, 6) is 0.507. The Morgan fingerprint density at radius 1 is 1.23 bits per heavy atom. The summed E-state index contributed by atoms with van der Waals surface area (Å²) in [7, 11) is 3.73. The van der Waals surface area contributed by atoms with Crippen LogP contribution in [0.15, 0.2) is 47.4 Å². The summed E-state index contributed by atoms with van der Waals surface area (Å²) >= 11 is 0. The number of nitrogens with one attached hydrogen (secondary N) is 2. The van der Waals surface area contributed by atoms with Gasteiger partial charge in [0, 0.05) is 12.7 Å². The molecule has 7 heteroatoms. The molecule has 0 aliphatic carbocycles. The molecule has 7 nitrogen and oxygen atoms in total. The van der Waals surface area contributed by atoms with Gasteiger partial charge < -0.3 is 19.9 Å². The fraction of sp³-hybridized carbons (Fsp3) is 0.500. The second kappa shape index (κ2) is 11.2. The predicted octanol–water partition coefficient (Wildman–Crippen LogP) is 1.96. The molecule has 1 aromatic carbocycles. The maximum Gasteiger partial charge on any atom is 0.258 e. The van der Waals surface area contributed by atoms with E-state index >= 15 is 0 Å². The largest absolute Gasteiger partial charge is 0.374 e. The zero-order valence-electron chi connectivity index (χ0n) is 18.5. The molecule has 0 bridgehead atoms. The molecule has 0 spiro atoms. The molecule has 3 rings (SSSR count). The first kappa shape index (κ1) is 23.2. The number of rotatable bonds is 9. The number of piperidine rings is 1. The SMILES string of the molecule is CNC(O)c1cc(C(=O)NCCCC2CCN(C)CC2)cn(Cc2ccccc2)c1=O. The van der Waals surface area contributed by atoms with E-state index in [1.54, 1.807) is 13.2 Å². The van der Waals surface area contributed by atoms with Crippen LogP contribution in [0.1, 0.15) is 53.4 Å². The van der Waals surface area contributed by atoms with E-state index in [1.807, 2.05) is 30.3 Å². The molecule has 1 atom stereocenters. The van der Waals surface area contributed by atoms with Crippen LogP contribution in [0.2, 0.25) is 0 Å². The van der Waals surface area contributed by atoms with Crippen LogP contribution < -0.4 is 16.2 Å². The number of aliphatic hydroxyl groups is 1. The molecular weight excluding hydrogens is 392 g/mol. The van der Waals surface area contributed by atoms with Gasteiger partial charge in [-0.25, -0.2) is 0 Å². The van der Waals surface area contributed by atoms with E-state index in [2.05, 4.69) is 22.6 Å². The molecule has 0 radical (unpaired) electrons. The van der Waals surface area contributed by atoms with Gasteiger partial charge in [0.05, 0.1) is 17.7 Å². The Morgan fingerprint density at radius 3 is 2.61 bits per heavy atom. The zero-order chi connectivity index (χ0) is 22.2. The Bertz CT molecular complexity index is 905. The lowest BCUT2D eigenvalue weighted by molar-refractivity contribution is 0.0950. The number of benzene rings is 1. The van der Waals surface area contributed by atoms with Crippen LogP contribution in [0.4, 0.5) is 0 Å². The molecule has 2 aromatic rings. The summed E-state index contributed by atoms with van der Waals surface area (Å²) in [5, 5.41) is 15.9. The van der Waals surface area contributed by atoms with Gasteiger partial charge in [-0.2, -0.15) is 0 Å². The van der Waals surface area contributed by atoms with Crippen molar-refractivity contribution in [2.75, 3.05) is 33.7 Å². The average molecular weight is 427 g/mol. The number of likely N-dealkylation sites (tertiary alicyclic amines) is 1. The molecule has 1 unspecified atom stereocenters. The highest BCUT2D eigenvalue weighted by Crippen LogP contribution is 2.20. The van der Waals surface area contributed by atoms with Gasteiger partial charge in [-0.1, -0.05) is 30.3 Å². The van der Waals surface area contributed by atoms with Crippen molar-refractivity contribution in [2.45, 2.75) is 38.5 Å². The van der Waals surface area contributed by atoms with E-state index in [9.17, 15) is 14.7 Å². The highest BCUT2D eigenvalue weighted by molar-refractivity contribution is 5.94. The van der Waals surface area contributed by atoms with Gasteiger partial charge in [-0.15, -0.1) is 0 Å². The Hall–Kier alpha value is -2.48. The standard InChI is InChI=1S/C24H34N4O3/c1-25-23(30)21-15-20(17-28(24(21)31)16-19-7-4-3-5-8-19)22(29)26-12-6-9-18-10-13-27(2)14-11-18/h3-5,7-8,15,17-18,23,25,30H,6,9-14,16H2,1-2H3,(H,26,29). The molecule has 1 aromatic heterocycles. The van der Waals surface area contributed by atoms with Crippen molar-refractivity contribution in [3.8, 4) is 0 Å². The number of pyridine rings is 1. The third-order valence-corrected chi connectivity index (χ3v) is 6.05. The van der Waals surface area contributed by atoms with Crippen molar-refractivity contribution in [3.63, 3.8) is 0 Å². The number of hydrogen-bond donors (Lipinski definition) is 3. The highest BCUT2D eigenvalue weighted by atomic mass is 16.3. The van der Waals surface area contributed by atoms with Crippen LogP contribution >= 0.6 is 0 Å². The first-order valence-corrected chi connectivity index (χ1v) is 11.1. The van der Waals surface area contributed by atoms with E-state index in [0.29, 0.717) is 18.7 Å². The van der Waals surface area contributed by atoms with Crippen LogP contribution in [-0.2, 0) is 6.54 Å². The van der Waals surface area contributed by atoms with Gasteiger partial charge in [0.1, 0.15) is 6.23 Å². The topological polar surface area (TPSA) is 86.6 Å². The van der Waals surface area contributed by atoms with Gasteiger partial charge in [0.2, 0.25) is 0 Å². The smallest absolute Gasteiger partial charge is 0.258 e. The van der Waals surface area contributed by atoms with Crippen LogP contribution in [0.25, 0.3) is 0 Å². The minimum absolute atomic E-state index is 0.164. The first-order valence-electron chi connectivity index (χ1n) is 11.1. The fourth-order valence-electron chi connectivity index (χ4n) is 4.08. The molecule has 1 aliphatic rings. The van der Waals surface area contributed by atoms with Crippen LogP contribution in [0.3, 0.4) is 0 Å². The van der Waals surface area contributed by atoms with Crippen molar-refractivity contribution >= 4 is 5.91 Å². The summed E-state index contributed by atoms with van der Waals surface area (Å²) in [6.07, 6.45) is 4.95. The van der Waals surface area contributed by atoms with E-state index < -0.39 is 6.23 Å². The van der Waals surface area contributed by atoms with E-state index in [1.165, 1.54) is 23.5 Å². The van der Waals surface area contributed by atoms with Crippen molar-refractivity contribution < 1.29 is 9.90 Å². The van der Waals surface area contributed by atoms with Gasteiger partial charge in [-0.3, -0.25) is 14.9 Å². The molecule has 3 N–H and O–H groups in total. The average Bonchev–Trinajstić information content (AvgIpc) is 2.79. The van der Waals surface area contributed by atoms with Crippen LogP contribution in [-0.4, -0.2) is 54.2 Å². The zero-order valence-corrected chi connectivity index (χ0v) is 18.5. The Labute approximate surface area is 184 Å². The predicted molar refractivity (Wildman–Crippen MR) is 122 cm³/mol. The van der Waals surface area contributed by atoms with Crippen molar-refractivity contribution in [2.24, 2.45) is 5.92 Å². The maximum atomic E-state index is 12.8. The Morgan fingerprint density at radius 2 is 1.94 bits per heavy atom. The summed E-state index contributed by atoms with van der Waals surface area (Å²) < 4.78 is 1.48. The molecule has 1 fully saturated rings. The van der Waals surface area contributed by atoms with Crippen LogP contribution in [0.5, 0.6) is 0 Å². The van der Waals surface area contributed by atoms with E-state index in [4.69, 9.17) is 0 Å². The minimum atomic E-state index is -1.13. The minimum Gasteiger partial charge on any atom is -0.374 e. The molecule has 0 saturated carbocycles. The summed E-state index contributed by atoms with van der Waals surface area (Å²) in [6.45, 7) is 3.24. The van der Waals surface area contributed by atoms with Crippen molar-refractivity contribution in [1.29, 1.82) is 0 Å². The van der Waals surface area contributed by atoms with Crippen LogP contribution in [0, 0.1) is 5.92 Å². The number of hydrogen-bond acceptors (Lipinski definition) is 5. The molecule has 1 saturated heterocycles. The molecule has 1 amide bonds. The first-order chi connectivity index (χ1) is 15.0. The molecule has 168 valence electrons. The number of aliphatic hydroxyl groups excluding tert-OH is 1. The number of amides is 1. The molecule has 2 heterocycles. The summed E-state index contributed by atoms with van der Waals surface area (Å²) in [6, 6.07) is 11.1. The van der Waals surface area contributed by atoms with Gasteiger partial charge in [0.15, 0.2) is 0 Å². The number of nitrogens with zero attached hydrogens (tertiary/aromatic N) is 2. The maximum absolute atomic E-state index is 12.8. The lowest BCUT2D eigenvalue weighted by atomic mass is 9.92. The van der Waals surface area contributed by atoms with Gasteiger partial charge in [-0.05, 0) is 70.4 Å². The third-order valence-electron chi connectivity index (χ3n) is 6.05. The van der Waals surface area contributed by atoms with Crippen molar-refractivity contribution in [1.82, 2.24) is 20.1 Å². The summed E-state index contributed by atoms with van der Waals surface area (Å²) in [5.41, 5.74) is 1.17. The number of carbonyl (C=O) groups is 1. The Balaban J connectivity index is 1.66. The molecule has 1 aliphatic heterocycles. The molecular formula is C24H34N4O3. The summed E-state index contributed by atoms with van der Waals surface area (Å²) in [4.78, 5) is 28.0. The molecule has 31 heavy (non-hydrogen) atoms. The monoisotopic (exact) mass is 426 g/mol. The third kappa shape index (κ3) is 6.50. The van der Waals surface area contributed by atoms with Gasteiger partial charge in [0.25, 0.3) is 11.5 Å². The number of aromatic nitrogens is 1. The fourth-order valence-corrected chi connectivity index (χ4v) is 4.08. The van der Waals surface area contributed by atoms with Gasteiger partial charge >= 0.3 is 0 Å². The normalized spacial score (nSPS) is 16.2. The lowest BCUT2D eigenvalue weighted by Gasteiger charge is -2.28. The lowest BCUT2D eigenvalue weighted by Crippen LogP contribution is -2.33. The highest BCUT2D eigenvalue weighted by Gasteiger charge is 2.18. The van der Waals surface area contributed by atoms with E-state index in [-0.39, 0.29) is 17.0 Å². The Kier molecular flexibility index (Phi) is 8.40.